The summed E-state index contributed by atoms with van der Waals surface area (Å²) in [6.45, 7) is 0. The van der Waals surface area contributed by atoms with Crippen molar-refractivity contribution < 1.29 is 34.6 Å². The number of aromatic hydroxyl groups is 1. The number of anilines is 1. The van der Waals surface area contributed by atoms with Crippen LogP contribution in [0.3, 0.4) is 0 Å². The standard InChI is InChI=1S/C23H19N9O10S3/c1-30-14(27-17(37)18(38)29-30)7-4-44-21-23(6-43,20(41)32(21)13(7)19(39)40)28-16(36)12(8-5-45-22(24)25-8)26-15(35)9-2-10(33)11(34)3-31(9)42/h2-3,5-6,12,21,34,42H,4H2,1H3,(H2,24,25)(H,26,35)(H,28,36)(H,29,38)(H,39,40)/t12?,21-,23+/m1/s1. The van der Waals surface area contributed by atoms with Crippen LogP contribution in [0.2, 0.25) is 0 Å². The summed E-state index contributed by atoms with van der Waals surface area (Å²) < 4.78 is 1.19. The molecule has 1 saturated heterocycles. The van der Waals surface area contributed by atoms with Crippen molar-refractivity contribution in [3.63, 3.8) is 0 Å². The number of carbonyl (C=O) groups excluding carboxylic acids is 3. The second-order valence-corrected chi connectivity index (χ2v) is 11.7. The zero-order valence-electron chi connectivity index (χ0n) is 22.4. The first-order valence-electron chi connectivity index (χ1n) is 12.2. The number of thiazole rings is 1. The smallest absolute Gasteiger partial charge is 0.353 e. The fraction of sp³-hybridized carbons (Fsp3) is 0.217. The molecule has 8 N–H and O–H groups in total. The van der Waals surface area contributed by atoms with Gasteiger partial charge in [0, 0.05) is 35.2 Å². The van der Waals surface area contributed by atoms with E-state index in [4.69, 9.17) is 18.0 Å². The molecular weight excluding hydrogens is 659 g/mol. The van der Waals surface area contributed by atoms with E-state index in [-0.39, 0.29) is 32.7 Å². The number of thiocarbonyl (C=S) groups is 1. The van der Waals surface area contributed by atoms with Crippen LogP contribution in [0.1, 0.15) is 28.0 Å². The Kier molecular flexibility index (Phi) is 7.80. The topological polar surface area (TPSA) is 285 Å². The highest BCUT2D eigenvalue weighted by molar-refractivity contribution is 8.00. The minimum atomic E-state index is -1.98. The average molecular weight is 678 g/mol. The molecule has 1 fully saturated rings. The van der Waals surface area contributed by atoms with E-state index in [1.807, 2.05) is 0 Å². The van der Waals surface area contributed by atoms with Gasteiger partial charge in [-0.15, -0.1) is 23.1 Å². The number of pyridine rings is 1. The molecule has 0 aromatic carbocycles. The lowest BCUT2D eigenvalue weighted by Gasteiger charge is -2.55. The number of carboxylic acids is 1. The first-order chi connectivity index (χ1) is 21.2. The molecule has 0 aliphatic carbocycles. The second-order valence-electron chi connectivity index (χ2n) is 9.46. The van der Waals surface area contributed by atoms with Gasteiger partial charge >= 0.3 is 17.1 Å². The number of hydrogen-bond donors (Lipinski definition) is 7. The Morgan fingerprint density at radius 1 is 1.27 bits per heavy atom. The summed E-state index contributed by atoms with van der Waals surface area (Å²) in [6.07, 6.45) is 0.568. The molecule has 0 spiro atoms. The van der Waals surface area contributed by atoms with E-state index in [0.717, 1.165) is 38.0 Å². The number of H-pyrrole nitrogens is 1. The molecule has 3 amide bonds. The number of aromatic nitrogens is 5. The Hall–Kier alpha value is -5.35. The van der Waals surface area contributed by atoms with Crippen LogP contribution in [-0.2, 0) is 21.4 Å². The maximum Gasteiger partial charge on any atom is 0.353 e. The lowest BCUT2D eigenvalue weighted by atomic mass is 9.87. The molecule has 0 radical (unpaired) electrons. The monoisotopic (exact) mass is 677 g/mol. The number of thioether (sulfide) groups is 1. The first-order valence-corrected chi connectivity index (χ1v) is 14.6. The van der Waals surface area contributed by atoms with Crippen molar-refractivity contribution in [2.24, 2.45) is 7.05 Å². The number of aliphatic carboxylic acids is 1. The van der Waals surface area contributed by atoms with Crippen molar-refractivity contribution in [1.29, 1.82) is 0 Å². The molecule has 19 nitrogen and oxygen atoms in total. The number of aryl methyl sites for hydroxylation is 1. The molecule has 0 saturated carbocycles. The number of hydrogen-bond acceptors (Lipinski definition) is 15. The van der Waals surface area contributed by atoms with Gasteiger partial charge in [0.05, 0.1) is 11.9 Å². The van der Waals surface area contributed by atoms with Gasteiger partial charge < -0.3 is 31.8 Å². The number of nitrogens with zero attached hydrogens (tertiary/aromatic N) is 5. The molecule has 45 heavy (non-hydrogen) atoms. The third-order valence-electron chi connectivity index (χ3n) is 6.70. The van der Waals surface area contributed by atoms with E-state index in [1.165, 1.54) is 12.4 Å². The highest BCUT2D eigenvalue weighted by Gasteiger charge is 2.65. The normalized spacial score (nSPS) is 19.7. The van der Waals surface area contributed by atoms with E-state index in [9.17, 15) is 49.0 Å². The van der Waals surface area contributed by atoms with Crippen LogP contribution in [0.15, 0.2) is 37.7 Å². The van der Waals surface area contributed by atoms with Crippen molar-refractivity contribution in [2.45, 2.75) is 17.0 Å². The fourth-order valence-corrected chi connectivity index (χ4v) is 7.02. The molecule has 3 aromatic heterocycles. The summed E-state index contributed by atoms with van der Waals surface area (Å²) in [7, 11) is 1.32. The number of nitrogen functional groups attached to an aromatic ring is 1. The number of aromatic amines is 1. The number of nitrogens with two attached hydrogens (primary N) is 1. The van der Waals surface area contributed by atoms with Gasteiger partial charge in [-0.2, -0.15) is 9.71 Å². The number of β-lactam (4-membered cyclic amide) rings is 1. The van der Waals surface area contributed by atoms with Crippen LogP contribution >= 0.6 is 35.3 Å². The molecule has 5 heterocycles. The Morgan fingerprint density at radius 2 is 1.98 bits per heavy atom. The van der Waals surface area contributed by atoms with Gasteiger partial charge in [0.1, 0.15) is 16.8 Å². The quantitative estimate of drug-likeness (QED) is 0.0555. The van der Waals surface area contributed by atoms with Crippen molar-refractivity contribution in [2.75, 3.05) is 11.5 Å². The third kappa shape index (κ3) is 5.12. The molecule has 5 rings (SSSR count). The molecule has 234 valence electrons. The minimum absolute atomic E-state index is 0.00746. The van der Waals surface area contributed by atoms with Gasteiger partial charge in [-0.1, -0.05) is 12.2 Å². The highest BCUT2D eigenvalue weighted by Crippen LogP contribution is 2.47. The van der Waals surface area contributed by atoms with Gasteiger partial charge in [0.2, 0.25) is 11.3 Å². The van der Waals surface area contributed by atoms with Gasteiger partial charge in [0.15, 0.2) is 28.3 Å². The number of amides is 3. The summed E-state index contributed by atoms with van der Waals surface area (Å²) in [5.41, 5.74) is -0.872. The zero-order chi connectivity index (χ0) is 33.0. The third-order valence-corrected chi connectivity index (χ3v) is 9.12. The molecule has 3 atom stereocenters. The van der Waals surface area contributed by atoms with E-state index in [2.05, 4.69) is 25.7 Å². The van der Waals surface area contributed by atoms with Crippen molar-refractivity contribution in [3.8, 4) is 5.75 Å². The van der Waals surface area contributed by atoms with Crippen LogP contribution in [-0.4, -0.2) is 90.5 Å². The summed E-state index contributed by atoms with van der Waals surface area (Å²) in [5, 5.41) is 37.7. The average Bonchev–Trinajstić information content (AvgIpc) is 3.42. The van der Waals surface area contributed by atoms with Crippen LogP contribution in [0.25, 0.3) is 5.57 Å². The lowest BCUT2D eigenvalue weighted by molar-refractivity contribution is -0.154. The van der Waals surface area contributed by atoms with E-state index < -0.39 is 74.3 Å². The maximum absolute atomic E-state index is 13.7. The number of carboxylic acid groups (broad SMARTS) is 1. The van der Waals surface area contributed by atoms with Crippen LogP contribution in [0.4, 0.5) is 5.13 Å². The summed E-state index contributed by atoms with van der Waals surface area (Å²) in [5.74, 6) is -5.97. The largest absolute Gasteiger partial charge is 0.503 e. The zero-order valence-corrected chi connectivity index (χ0v) is 24.9. The number of rotatable bonds is 8. The summed E-state index contributed by atoms with van der Waals surface area (Å²) in [6, 6.07) is -1.06. The predicted molar refractivity (Wildman–Crippen MR) is 159 cm³/mol. The van der Waals surface area contributed by atoms with Crippen molar-refractivity contribution in [1.82, 2.24) is 40.0 Å². The van der Waals surface area contributed by atoms with E-state index in [1.54, 1.807) is 0 Å². The van der Waals surface area contributed by atoms with Gasteiger partial charge in [0.25, 0.3) is 11.8 Å². The highest BCUT2D eigenvalue weighted by atomic mass is 32.2. The van der Waals surface area contributed by atoms with Crippen LogP contribution < -0.4 is 32.9 Å². The summed E-state index contributed by atoms with van der Waals surface area (Å²) >= 11 is 7.00. The fourth-order valence-electron chi connectivity index (χ4n) is 4.62. The van der Waals surface area contributed by atoms with Crippen LogP contribution in [0.5, 0.6) is 5.75 Å². The second kappa shape index (κ2) is 11.3. The number of nitrogens with one attached hydrogen (secondary N) is 3. The Bertz CT molecular complexity index is 2030. The summed E-state index contributed by atoms with van der Waals surface area (Å²) in [4.78, 5) is 96.7. The van der Waals surface area contributed by atoms with Gasteiger partial charge in [-0.3, -0.25) is 43.4 Å². The van der Waals surface area contributed by atoms with Gasteiger partial charge in [-0.05, 0) is 0 Å². The number of carbonyl (C=O) groups is 4. The van der Waals surface area contributed by atoms with Crippen molar-refractivity contribution >= 4 is 75.1 Å². The van der Waals surface area contributed by atoms with E-state index in [0.29, 0.717) is 12.3 Å². The van der Waals surface area contributed by atoms with Crippen LogP contribution in [0, 0.1) is 0 Å². The lowest BCUT2D eigenvalue weighted by Crippen LogP contribution is -2.81. The van der Waals surface area contributed by atoms with Crippen molar-refractivity contribution in [3.05, 3.63) is 71.5 Å². The Labute approximate surface area is 261 Å². The van der Waals surface area contributed by atoms with Gasteiger partial charge in [-0.25, -0.2) is 9.78 Å². The maximum atomic E-state index is 13.7. The molecule has 3 aromatic rings. The molecule has 1 unspecified atom stereocenters. The molecular formula is C23H19N9O10S3. The number of fused-ring (bicyclic) bond motifs is 1. The molecule has 0 bridgehead atoms. The molecule has 22 heteroatoms. The first kappa shape index (κ1) is 31.1. The predicted octanol–water partition coefficient (Wildman–Crippen LogP) is -2.65. The SMILES string of the molecule is Cn1[nH]c(=O)c(=O)nc1C1=C(C(=O)O)N2C(=O)[C@](C=S)(NC(=O)C(NC(=O)c3cc(=O)c(O)cn3O)c3csc(N)n3)[C@H]2SC1. The molecule has 2 aliphatic rings. The Balaban J connectivity index is 1.49. The minimum Gasteiger partial charge on any atom is -0.503 e. The molecule has 2 aliphatic heterocycles. The van der Waals surface area contributed by atoms with E-state index >= 15 is 0 Å². The Morgan fingerprint density at radius 3 is 2.60 bits per heavy atom.